The third-order valence-electron chi connectivity index (χ3n) is 2.56. The highest BCUT2D eigenvalue weighted by molar-refractivity contribution is 5.53. The summed E-state index contributed by atoms with van der Waals surface area (Å²) in [7, 11) is 0. The van der Waals surface area contributed by atoms with Gasteiger partial charge in [-0.3, -0.25) is 0 Å². The van der Waals surface area contributed by atoms with E-state index < -0.39 is 5.60 Å². The van der Waals surface area contributed by atoms with Gasteiger partial charge in [-0.05, 0) is 38.0 Å². The molecule has 1 heterocycles. The maximum atomic E-state index is 9.74. The lowest BCUT2D eigenvalue weighted by Crippen LogP contribution is -2.15. The fourth-order valence-electron chi connectivity index (χ4n) is 1.47. The third-order valence-corrected chi connectivity index (χ3v) is 2.56. The van der Waals surface area contributed by atoms with Crippen molar-refractivity contribution in [2.75, 3.05) is 0 Å². The first-order valence-electron chi connectivity index (χ1n) is 5.66. The van der Waals surface area contributed by atoms with Crippen molar-refractivity contribution in [2.45, 2.75) is 32.8 Å². The van der Waals surface area contributed by atoms with Crippen molar-refractivity contribution in [3.05, 3.63) is 35.7 Å². The number of benzene rings is 1. The molecule has 2 rings (SSSR count). The average molecular weight is 232 g/mol. The van der Waals surface area contributed by atoms with E-state index in [1.165, 1.54) is 5.56 Å². The molecular formula is C13H16N2O2. The number of hydrogen-bond donors (Lipinski definition) is 1. The van der Waals surface area contributed by atoms with Crippen molar-refractivity contribution < 1.29 is 9.52 Å². The fourth-order valence-corrected chi connectivity index (χ4v) is 1.47. The number of hydrogen-bond acceptors (Lipinski definition) is 4. The normalized spacial score (nSPS) is 11.8. The van der Waals surface area contributed by atoms with Crippen molar-refractivity contribution in [2.24, 2.45) is 0 Å². The molecule has 0 atom stereocenters. The van der Waals surface area contributed by atoms with Gasteiger partial charge >= 0.3 is 0 Å². The first-order valence-corrected chi connectivity index (χ1v) is 5.66. The van der Waals surface area contributed by atoms with Gasteiger partial charge in [0.1, 0.15) is 5.60 Å². The van der Waals surface area contributed by atoms with Crippen LogP contribution < -0.4 is 0 Å². The SMILES string of the molecule is CCc1ccc(-c2nnc(C(C)(C)O)o2)cc1. The van der Waals surface area contributed by atoms with E-state index in [-0.39, 0.29) is 5.89 Å². The molecule has 0 saturated heterocycles. The summed E-state index contributed by atoms with van der Waals surface area (Å²) in [5.74, 6) is 0.664. The number of rotatable bonds is 3. The second-order valence-corrected chi connectivity index (χ2v) is 4.52. The Morgan fingerprint density at radius 3 is 2.29 bits per heavy atom. The van der Waals surface area contributed by atoms with Crippen molar-refractivity contribution in [1.82, 2.24) is 10.2 Å². The summed E-state index contributed by atoms with van der Waals surface area (Å²) in [6, 6.07) is 7.95. The summed E-state index contributed by atoms with van der Waals surface area (Å²) in [4.78, 5) is 0. The Kier molecular flexibility index (Phi) is 2.98. The van der Waals surface area contributed by atoms with Gasteiger partial charge in [0.05, 0.1) is 0 Å². The van der Waals surface area contributed by atoms with Crippen molar-refractivity contribution in [1.29, 1.82) is 0 Å². The van der Waals surface area contributed by atoms with Gasteiger partial charge in [-0.15, -0.1) is 10.2 Å². The lowest BCUT2D eigenvalue weighted by Gasteiger charge is -2.09. The minimum atomic E-state index is -1.10. The van der Waals surface area contributed by atoms with Gasteiger partial charge in [-0.1, -0.05) is 19.1 Å². The highest BCUT2D eigenvalue weighted by Crippen LogP contribution is 2.23. The van der Waals surface area contributed by atoms with Gasteiger partial charge in [0, 0.05) is 5.56 Å². The number of aliphatic hydroxyl groups is 1. The molecule has 0 spiro atoms. The van der Waals surface area contributed by atoms with Crippen LogP contribution in [0, 0.1) is 0 Å². The molecule has 0 amide bonds. The Morgan fingerprint density at radius 1 is 1.18 bits per heavy atom. The number of nitrogens with zero attached hydrogens (tertiary/aromatic N) is 2. The molecule has 1 aromatic heterocycles. The molecule has 0 saturated carbocycles. The molecule has 4 nitrogen and oxygen atoms in total. The molecule has 0 aliphatic carbocycles. The van der Waals surface area contributed by atoms with Crippen molar-refractivity contribution in [3.63, 3.8) is 0 Å². The average Bonchev–Trinajstić information content (AvgIpc) is 2.78. The van der Waals surface area contributed by atoms with Crippen LogP contribution in [0.15, 0.2) is 28.7 Å². The molecule has 0 aliphatic heterocycles. The minimum absolute atomic E-state index is 0.229. The predicted octanol–water partition coefficient (Wildman–Crippen LogP) is 2.53. The van der Waals surface area contributed by atoms with E-state index in [0.717, 1.165) is 12.0 Å². The molecule has 1 N–H and O–H groups in total. The summed E-state index contributed by atoms with van der Waals surface area (Å²) < 4.78 is 5.44. The molecule has 1 aromatic carbocycles. The van der Waals surface area contributed by atoms with Crippen LogP contribution in [-0.2, 0) is 12.0 Å². The Balaban J connectivity index is 2.30. The highest BCUT2D eigenvalue weighted by Gasteiger charge is 2.23. The predicted molar refractivity (Wildman–Crippen MR) is 64.4 cm³/mol. The summed E-state index contributed by atoms with van der Waals surface area (Å²) in [5.41, 5.74) is 1.02. The summed E-state index contributed by atoms with van der Waals surface area (Å²) in [5, 5.41) is 17.5. The van der Waals surface area contributed by atoms with E-state index >= 15 is 0 Å². The van der Waals surface area contributed by atoms with Gasteiger partial charge in [-0.25, -0.2) is 0 Å². The lowest BCUT2D eigenvalue weighted by atomic mass is 10.1. The van der Waals surface area contributed by atoms with Crippen LogP contribution in [0.2, 0.25) is 0 Å². The van der Waals surface area contributed by atoms with E-state index in [0.29, 0.717) is 5.89 Å². The van der Waals surface area contributed by atoms with E-state index in [1.807, 2.05) is 24.3 Å². The van der Waals surface area contributed by atoms with Gasteiger partial charge in [0.15, 0.2) is 0 Å². The van der Waals surface area contributed by atoms with Crippen molar-refractivity contribution >= 4 is 0 Å². The molecule has 4 heteroatoms. The summed E-state index contributed by atoms with van der Waals surface area (Å²) in [6.07, 6.45) is 0.999. The number of aryl methyl sites for hydroxylation is 1. The maximum absolute atomic E-state index is 9.74. The molecule has 2 aromatic rings. The zero-order valence-electron chi connectivity index (χ0n) is 10.3. The lowest BCUT2D eigenvalue weighted by molar-refractivity contribution is 0.0488. The summed E-state index contributed by atoms with van der Waals surface area (Å²) >= 11 is 0. The Bertz CT molecular complexity index is 495. The largest absolute Gasteiger partial charge is 0.418 e. The van der Waals surface area contributed by atoms with Crippen LogP contribution in [0.4, 0.5) is 0 Å². The molecule has 0 radical (unpaired) electrons. The van der Waals surface area contributed by atoms with Crippen LogP contribution >= 0.6 is 0 Å². The number of aromatic nitrogens is 2. The second kappa shape index (κ2) is 4.30. The highest BCUT2D eigenvalue weighted by atomic mass is 16.4. The Hall–Kier alpha value is -1.68. The van der Waals surface area contributed by atoms with Crippen molar-refractivity contribution in [3.8, 4) is 11.5 Å². The molecule has 0 bridgehead atoms. The Labute approximate surface area is 100 Å². The Morgan fingerprint density at radius 2 is 1.82 bits per heavy atom. The van der Waals surface area contributed by atoms with Crippen LogP contribution in [-0.4, -0.2) is 15.3 Å². The first-order chi connectivity index (χ1) is 8.00. The minimum Gasteiger partial charge on any atom is -0.418 e. The van der Waals surface area contributed by atoms with Gasteiger partial charge in [0.2, 0.25) is 11.8 Å². The third kappa shape index (κ3) is 2.53. The van der Waals surface area contributed by atoms with E-state index in [2.05, 4.69) is 17.1 Å². The molecule has 0 fully saturated rings. The van der Waals surface area contributed by atoms with E-state index in [4.69, 9.17) is 4.42 Å². The quantitative estimate of drug-likeness (QED) is 0.883. The smallest absolute Gasteiger partial charge is 0.247 e. The van der Waals surface area contributed by atoms with Gasteiger partial charge in [0.25, 0.3) is 0 Å². The zero-order valence-corrected chi connectivity index (χ0v) is 10.3. The van der Waals surface area contributed by atoms with Crippen LogP contribution in [0.5, 0.6) is 0 Å². The molecule has 17 heavy (non-hydrogen) atoms. The fraction of sp³-hybridized carbons (Fsp3) is 0.385. The molecular weight excluding hydrogens is 216 g/mol. The first kappa shape index (κ1) is 11.8. The zero-order chi connectivity index (χ0) is 12.5. The van der Waals surface area contributed by atoms with Gasteiger partial charge in [-0.2, -0.15) is 0 Å². The standard InChI is InChI=1S/C13H16N2O2/c1-4-9-5-7-10(8-6-9)11-14-15-12(17-11)13(2,3)16/h5-8,16H,4H2,1-3H3. The molecule has 0 aliphatic rings. The maximum Gasteiger partial charge on any atom is 0.247 e. The van der Waals surface area contributed by atoms with Crippen LogP contribution in [0.1, 0.15) is 32.2 Å². The molecule has 0 unspecified atom stereocenters. The summed E-state index contributed by atoms with van der Waals surface area (Å²) in [6.45, 7) is 5.34. The monoisotopic (exact) mass is 232 g/mol. The van der Waals surface area contributed by atoms with Crippen LogP contribution in [0.25, 0.3) is 11.5 Å². The second-order valence-electron chi connectivity index (χ2n) is 4.52. The topological polar surface area (TPSA) is 59.2 Å². The van der Waals surface area contributed by atoms with E-state index in [1.54, 1.807) is 13.8 Å². The van der Waals surface area contributed by atoms with Crippen LogP contribution in [0.3, 0.4) is 0 Å². The van der Waals surface area contributed by atoms with Gasteiger partial charge < -0.3 is 9.52 Å². The molecule has 90 valence electrons. The van der Waals surface area contributed by atoms with E-state index in [9.17, 15) is 5.11 Å².